The SMILES string of the molecule is N#CC1(C(=O)N2CCN(c3ncccn3)CC2)CCC1. The van der Waals surface area contributed by atoms with Crippen molar-refractivity contribution in [2.75, 3.05) is 31.1 Å². The summed E-state index contributed by atoms with van der Waals surface area (Å²) in [5, 5.41) is 9.24. The summed E-state index contributed by atoms with van der Waals surface area (Å²) in [4.78, 5) is 24.8. The predicted molar refractivity (Wildman–Crippen MR) is 72.7 cm³/mol. The molecule has 0 spiro atoms. The third-order valence-corrected chi connectivity index (χ3v) is 4.23. The van der Waals surface area contributed by atoms with Gasteiger partial charge >= 0.3 is 0 Å². The van der Waals surface area contributed by atoms with E-state index in [1.165, 1.54) is 0 Å². The molecule has 6 heteroatoms. The van der Waals surface area contributed by atoms with Crippen LogP contribution in [-0.4, -0.2) is 47.0 Å². The van der Waals surface area contributed by atoms with E-state index in [4.69, 9.17) is 0 Å². The predicted octanol–water partition coefficient (Wildman–Crippen LogP) is 0.819. The van der Waals surface area contributed by atoms with Gasteiger partial charge in [0.05, 0.1) is 6.07 Å². The Morgan fingerprint density at radius 2 is 1.85 bits per heavy atom. The summed E-state index contributed by atoms with van der Waals surface area (Å²) in [7, 11) is 0. The minimum absolute atomic E-state index is 0.0138. The number of hydrogen-bond acceptors (Lipinski definition) is 5. The molecule has 0 atom stereocenters. The highest BCUT2D eigenvalue weighted by Gasteiger charge is 2.47. The Hall–Kier alpha value is -2.16. The number of nitriles is 1. The fourth-order valence-corrected chi connectivity index (χ4v) is 2.77. The molecule has 0 aromatic carbocycles. The standard InChI is InChI=1S/C14H17N5O/c15-11-14(3-1-4-14)12(20)18-7-9-19(10-8-18)13-16-5-2-6-17-13/h2,5-6H,1,3-4,7-10H2. The molecule has 1 saturated carbocycles. The van der Waals surface area contributed by atoms with Gasteiger partial charge in [-0.15, -0.1) is 0 Å². The maximum absolute atomic E-state index is 12.4. The van der Waals surface area contributed by atoms with Gasteiger partial charge in [0, 0.05) is 38.6 Å². The molecule has 1 aromatic rings. The average Bonchev–Trinajstić information content (AvgIpc) is 2.48. The molecule has 0 unspecified atom stereocenters. The van der Waals surface area contributed by atoms with Gasteiger partial charge in [-0.3, -0.25) is 4.79 Å². The van der Waals surface area contributed by atoms with E-state index < -0.39 is 5.41 Å². The fourth-order valence-electron chi connectivity index (χ4n) is 2.77. The maximum Gasteiger partial charge on any atom is 0.243 e. The van der Waals surface area contributed by atoms with Gasteiger partial charge in [0.15, 0.2) is 0 Å². The van der Waals surface area contributed by atoms with Gasteiger partial charge in [0.25, 0.3) is 0 Å². The lowest BCUT2D eigenvalue weighted by Gasteiger charge is -2.41. The van der Waals surface area contributed by atoms with Crippen molar-refractivity contribution in [2.45, 2.75) is 19.3 Å². The first-order chi connectivity index (χ1) is 9.75. The van der Waals surface area contributed by atoms with Crippen LogP contribution in [0.25, 0.3) is 0 Å². The molecule has 20 heavy (non-hydrogen) atoms. The minimum atomic E-state index is -0.731. The van der Waals surface area contributed by atoms with Gasteiger partial charge in [-0.1, -0.05) is 0 Å². The molecule has 1 aliphatic heterocycles. The first-order valence-corrected chi connectivity index (χ1v) is 6.98. The number of nitrogens with zero attached hydrogens (tertiary/aromatic N) is 5. The smallest absolute Gasteiger partial charge is 0.243 e. The molecule has 2 aliphatic rings. The maximum atomic E-state index is 12.4. The Kier molecular flexibility index (Phi) is 3.26. The Bertz CT molecular complexity index is 526. The zero-order valence-corrected chi connectivity index (χ0v) is 11.3. The number of carbonyl (C=O) groups excluding carboxylic acids is 1. The molecule has 104 valence electrons. The second-order valence-electron chi connectivity index (χ2n) is 5.38. The number of hydrogen-bond donors (Lipinski definition) is 0. The van der Waals surface area contributed by atoms with Crippen LogP contribution in [-0.2, 0) is 4.79 Å². The molecule has 6 nitrogen and oxygen atoms in total. The highest BCUT2D eigenvalue weighted by molar-refractivity contribution is 5.86. The van der Waals surface area contributed by atoms with E-state index >= 15 is 0 Å². The van der Waals surface area contributed by atoms with Crippen molar-refractivity contribution in [1.82, 2.24) is 14.9 Å². The second kappa shape index (κ2) is 5.08. The molecule has 0 N–H and O–H groups in total. The van der Waals surface area contributed by atoms with E-state index in [0.29, 0.717) is 31.9 Å². The number of rotatable bonds is 2. The lowest BCUT2D eigenvalue weighted by molar-refractivity contribution is -0.143. The second-order valence-corrected chi connectivity index (χ2v) is 5.38. The molecule has 2 heterocycles. The number of amides is 1. The summed E-state index contributed by atoms with van der Waals surface area (Å²) in [6, 6.07) is 4.01. The fraction of sp³-hybridized carbons (Fsp3) is 0.571. The Morgan fingerprint density at radius 3 is 2.35 bits per heavy atom. The van der Waals surface area contributed by atoms with E-state index in [0.717, 1.165) is 19.5 Å². The van der Waals surface area contributed by atoms with Crippen LogP contribution >= 0.6 is 0 Å². The zero-order valence-electron chi connectivity index (χ0n) is 11.3. The molecule has 1 aromatic heterocycles. The first-order valence-electron chi connectivity index (χ1n) is 6.98. The van der Waals surface area contributed by atoms with Gasteiger partial charge < -0.3 is 9.80 Å². The van der Waals surface area contributed by atoms with Crippen molar-refractivity contribution in [3.63, 3.8) is 0 Å². The average molecular weight is 271 g/mol. The van der Waals surface area contributed by atoms with E-state index in [1.807, 2.05) is 4.90 Å². The molecule has 1 saturated heterocycles. The molecule has 1 amide bonds. The lowest BCUT2D eigenvalue weighted by Crippen LogP contribution is -2.54. The summed E-state index contributed by atoms with van der Waals surface area (Å²) < 4.78 is 0. The number of piperazine rings is 1. The van der Waals surface area contributed by atoms with E-state index in [-0.39, 0.29) is 5.91 Å². The normalized spacial score (nSPS) is 20.9. The van der Waals surface area contributed by atoms with Crippen LogP contribution in [0.15, 0.2) is 18.5 Å². The lowest BCUT2D eigenvalue weighted by atomic mass is 9.69. The van der Waals surface area contributed by atoms with Crippen molar-refractivity contribution < 1.29 is 4.79 Å². The van der Waals surface area contributed by atoms with Crippen molar-refractivity contribution >= 4 is 11.9 Å². The van der Waals surface area contributed by atoms with Crippen LogP contribution in [0.5, 0.6) is 0 Å². The molecular formula is C14H17N5O. The summed E-state index contributed by atoms with van der Waals surface area (Å²) in [6.07, 6.45) is 5.85. The number of anilines is 1. The third-order valence-electron chi connectivity index (χ3n) is 4.23. The third kappa shape index (κ3) is 2.09. The highest BCUT2D eigenvalue weighted by atomic mass is 16.2. The summed E-state index contributed by atoms with van der Waals surface area (Å²) >= 11 is 0. The van der Waals surface area contributed by atoms with Gasteiger partial charge in [-0.2, -0.15) is 5.26 Å². The van der Waals surface area contributed by atoms with E-state index in [9.17, 15) is 10.1 Å². The highest BCUT2D eigenvalue weighted by Crippen LogP contribution is 2.42. The molecule has 0 radical (unpaired) electrons. The molecule has 1 aliphatic carbocycles. The Labute approximate surface area is 118 Å². The first kappa shape index (κ1) is 12.9. The van der Waals surface area contributed by atoms with E-state index in [2.05, 4.69) is 20.9 Å². The Morgan fingerprint density at radius 1 is 1.20 bits per heavy atom. The molecular weight excluding hydrogens is 254 g/mol. The van der Waals surface area contributed by atoms with Gasteiger partial charge in [-0.05, 0) is 25.3 Å². The van der Waals surface area contributed by atoms with Crippen LogP contribution in [0.3, 0.4) is 0 Å². The number of carbonyl (C=O) groups is 1. The van der Waals surface area contributed by atoms with Gasteiger partial charge in [-0.25, -0.2) is 9.97 Å². The molecule has 2 fully saturated rings. The monoisotopic (exact) mass is 271 g/mol. The quantitative estimate of drug-likeness (QED) is 0.796. The van der Waals surface area contributed by atoms with Gasteiger partial charge in [0.2, 0.25) is 11.9 Å². The van der Waals surface area contributed by atoms with Crippen molar-refractivity contribution in [3.05, 3.63) is 18.5 Å². The molecule has 3 rings (SSSR count). The van der Waals surface area contributed by atoms with Gasteiger partial charge in [0.1, 0.15) is 5.41 Å². The van der Waals surface area contributed by atoms with Crippen LogP contribution in [0.4, 0.5) is 5.95 Å². The largest absolute Gasteiger partial charge is 0.338 e. The van der Waals surface area contributed by atoms with Crippen LogP contribution in [0.1, 0.15) is 19.3 Å². The van der Waals surface area contributed by atoms with Crippen molar-refractivity contribution in [3.8, 4) is 6.07 Å². The number of aromatic nitrogens is 2. The minimum Gasteiger partial charge on any atom is -0.338 e. The van der Waals surface area contributed by atoms with Crippen molar-refractivity contribution in [2.24, 2.45) is 5.41 Å². The molecule has 0 bridgehead atoms. The van der Waals surface area contributed by atoms with Crippen molar-refractivity contribution in [1.29, 1.82) is 5.26 Å². The summed E-state index contributed by atoms with van der Waals surface area (Å²) in [5.41, 5.74) is -0.731. The topological polar surface area (TPSA) is 73.1 Å². The summed E-state index contributed by atoms with van der Waals surface area (Å²) in [6.45, 7) is 2.72. The summed E-state index contributed by atoms with van der Waals surface area (Å²) in [5.74, 6) is 0.720. The van der Waals surface area contributed by atoms with Crippen LogP contribution < -0.4 is 4.90 Å². The van der Waals surface area contributed by atoms with Crippen LogP contribution in [0, 0.1) is 16.7 Å². The van der Waals surface area contributed by atoms with Crippen LogP contribution in [0.2, 0.25) is 0 Å². The zero-order chi connectivity index (χ0) is 14.0. The van der Waals surface area contributed by atoms with E-state index in [1.54, 1.807) is 18.5 Å². The Balaban J connectivity index is 1.62.